The number of para-hydroxylation sites is 3. The number of carbonyl (C=O) groups excluding carboxylic acids is 1. The number of methoxy groups -OCH3 is 1. The Balaban J connectivity index is 1.39. The van der Waals surface area contributed by atoms with E-state index >= 15 is 0 Å². The topological polar surface area (TPSA) is 37.7 Å². The van der Waals surface area contributed by atoms with Crippen molar-refractivity contribution in [3.8, 4) is 5.75 Å². The number of aromatic nitrogens is 1. The van der Waals surface area contributed by atoms with Gasteiger partial charge in [0.05, 0.1) is 12.8 Å². The van der Waals surface area contributed by atoms with E-state index in [1.807, 2.05) is 41.3 Å². The molecule has 0 spiro atoms. The van der Waals surface area contributed by atoms with E-state index in [1.165, 1.54) is 16.5 Å². The third-order valence-electron chi connectivity index (χ3n) is 7.22. The molecule has 36 heavy (non-hydrogen) atoms. The van der Waals surface area contributed by atoms with Crippen LogP contribution in [0.5, 0.6) is 5.75 Å². The average Bonchev–Trinajstić information content (AvgIpc) is 3.30. The molecule has 3 aromatic carbocycles. The second kappa shape index (κ2) is 10.7. The van der Waals surface area contributed by atoms with Crippen molar-refractivity contribution in [3.63, 3.8) is 0 Å². The summed E-state index contributed by atoms with van der Waals surface area (Å²) >= 11 is 6.40. The summed E-state index contributed by atoms with van der Waals surface area (Å²) in [5, 5.41) is 1.88. The molecule has 0 radical (unpaired) electrons. The summed E-state index contributed by atoms with van der Waals surface area (Å²) in [5.74, 6) is 0.972. The zero-order valence-electron chi connectivity index (χ0n) is 20.9. The minimum absolute atomic E-state index is 0.0684. The van der Waals surface area contributed by atoms with Crippen LogP contribution in [0.1, 0.15) is 30.4 Å². The Labute approximate surface area is 217 Å². The second-order valence-corrected chi connectivity index (χ2v) is 9.68. The average molecular weight is 502 g/mol. The van der Waals surface area contributed by atoms with Crippen LogP contribution >= 0.6 is 11.6 Å². The van der Waals surface area contributed by atoms with E-state index in [-0.39, 0.29) is 11.8 Å². The van der Waals surface area contributed by atoms with Gasteiger partial charge in [-0.2, -0.15) is 0 Å². The van der Waals surface area contributed by atoms with Crippen molar-refractivity contribution < 1.29 is 9.53 Å². The highest BCUT2D eigenvalue weighted by molar-refractivity contribution is 6.30. The molecule has 0 unspecified atom stereocenters. The molecule has 1 fully saturated rings. The number of aryl methyl sites for hydroxylation is 1. The molecule has 5 nitrogen and oxygen atoms in total. The van der Waals surface area contributed by atoms with Crippen molar-refractivity contribution in [3.05, 3.63) is 95.1 Å². The molecule has 0 N–H and O–H groups in total. The molecule has 1 aliphatic rings. The predicted octanol–water partition coefficient (Wildman–Crippen LogP) is 6.19. The summed E-state index contributed by atoms with van der Waals surface area (Å²) in [6.45, 7) is 5.97. The van der Waals surface area contributed by atoms with Gasteiger partial charge in [0, 0.05) is 67.2 Å². The summed E-state index contributed by atoms with van der Waals surface area (Å²) in [7, 11) is 1.70. The zero-order valence-corrected chi connectivity index (χ0v) is 21.6. The van der Waals surface area contributed by atoms with Crippen LogP contribution in [-0.2, 0) is 11.3 Å². The third-order valence-corrected chi connectivity index (χ3v) is 7.46. The van der Waals surface area contributed by atoms with Gasteiger partial charge >= 0.3 is 0 Å². The fourth-order valence-electron chi connectivity index (χ4n) is 5.34. The van der Waals surface area contributed by atoms with Gasteiger partial charge in [-0.25, -0.2) is 0 Å². The standard InChI is InChI=1S/C30H32ClN3O2/c1-3-32-21-26(24-11-4-5-12-27(24)32)25(22-9-8-10-23(31)19-22)20-30(35)34-17-15-33(16-18-34)28-13-6-7-14-29(28)36-2/h4-14,19,21,25H,3,15-18,20H2,1-2H3/t25-/m0/s1. The van der Waals surface area contributed by atoms with E-state index < -0.39 is 0 Å². The number of hydrogen-bond donors (Lipinski definition) is 0. The number of fused-ring (bicyclic) bond motifs is 1. The Kier molecular flexibility index (Phi) is 7.19. The molecule has 1 atom stereocenters. The van der Waals surface area contributed by atoms with Crippen LogP contribution in [0.2, 0.25) is 5.02 Å². The number of ether oxygens (including phenoxy) is 1. The Morgan fingerprint density at radius 3 is 2.47 bits per heavy atom. The monoisotopic (exact) mass is 501 g/mol. The van der Waals surface area contributed by atoms with E-state index in [0.29, 0.717) is 24.5 Å². The molecule has 0 aliphatic carbocycles. The predicted molar refractivity (Wildman–Crippen MR) is 147 cm³/mol. The largest absolute Gasteiger partial charge is 0.495 e. The molecule has 2 heterocycles. The van der Waals surface area contributed by atoms with E-state index in [0.717, 1.165) is 36.6 Å². The molecular formula is C30H32ClN3O2. The molecule has 1 aromatic heterocycles. The van der Waals surface area contributed by atoms with E-state index in [1.54, 1.807) is 7.11 Å². The number of rotatable bonds is 7. The SMILES string of the molecule is CCn1cc([C@@H](CC(=O)N2CCN(c3ccccc3OC)CC2)c2cccc(Cl)c2)c2ccccc21. The summed E-state index contributed by atoms with van der Waals surface area (Å²) < 4.78 is 7.81. The highest BCUT2D eigenvalue weighted by Crippen LogP contribution is 2.36. The van der Waals surface area contributed by atoms with Crippen molar-refractivity contribution in [2.45, 2.75) is 25.8 Å². The van der Waals surface area contributed by atoms with E-state index in [4.69, 9.17) is 16.3 Å². The van der Waals surface area contributed by atoms with Crippen LogP contribution < -0.4 is 9.64 Å². The smallest absolute Gasteiger partial charge is 0.223 e. The van der Waals surface area contributed by atoms with Crippen LogP contribution in [0, 0.1) is 0 Å². The molecule has 5 rings (SSSR count). The molecule has 186 valence electrons. The third kappa shape index (κ3) is 4.80. The maximum absolute atomic E-state index is 13.7. The number of benzene rings is 3. The number of amides is 1. The number of carbonyl (C=O) groups is 1. The van der Waals surface area contributed by atoms with Crippen molar-refractivity contribution >= 4 is 34.1 Å². The lowest BCUT2D eigenvalue weighted by atomic mass is 9.87. The molecule has 1 saturated heterocycles. The van der Waals surface area contributed by atoms with Gasteiger partial charge in [0.15, 0.2) is 0 Å². The molecule has 1 aliphatic heterocycles. The normalized spacial score (nSPS) is 14.8. The van der Waals surface area contributed by atoms with Crippen LogP contribution in [0.25, 0.3) is 10.9 Å². The minimum atomic E-state index is -0.0684. The zero-order chi connectivity index (χ0) is 25.1. The molecule has 6 heteroatoms. The van der Waals surface area contributed by atoms with Crippen molar-refractivity contribution in [2.75, 3.05) is 38.2 Å². The highest BCUT2D eigenvalue weighted by atomic mass is 35.5. The lowest BCUT2D eigenvalue weighted by Crippen LogP contribution is -2.49. The number of hydrogen-bond acceptors (Lipinski definition) is 3. The Morgan fingerprint density at radius 2 is 1.72 bits per heavy atom. The van der Waals surface area contributed by atoms with Gasteiger partial charge in [-0.1, -0.05) is 54.1 Å². The van der Waals surface area contributed by atoms with Crippen LogP contribution in [0.15, 0.2) is 79.0 Å². The lowest BCUT2D eigenvalue weighted by molar-refractivity contribution is -0.131. The molecule has 1 amide bonds. The first kappa shape index (κ1) is 24.3. The van der Waals surface area contributed by atoms with Gasteiger partial charge in [0.25, 0.3) is 0 Å². The van der Waals surface area contributed by atoms with Crippen molar-refractivity contribution in [1.29, 1.82) is 0 Å². The van der Waals surface area contributed by atoms with Gasteiger partial charge in [0.2, 0.25) is 5.91 Å². The number of nitrogens with zero attached hydrogens (tertiary/aromatic N) is 3. The summed E-state index contributed by atoms with van der Waals surface area (Å²) in [6.07, 6.45) is 2.62. The fraction of sp³-hybridized carbons (Fsp3) is 0.300. The number of anilines is 1. The Bertz CT molecular complexity index is 1360. The van der Waals surface area contributed by atoms with Crippen LogP contribution in [0.4, 0.5) is 5.69 Å². The summed E-state index contributed by atoms with van der Waals surface area (Å²) in [5.41, 5.74) is 4.52. The van der Waals surface area contributed by atoms with Gasteiger partial charge in [-0.05, 0) is 48.4 Å². The van der Waals surface area contributed by atoms with Gasteiger partial charge in [0.1, 0.15) is 5.75 Å². The first-order valence-corrected chi connectivity index (χ1v) is 13.0. The van der Waals surface area contributed by atoms with Crippen LogP contribution in [-0.4, -0.2) is 48.7 Å². The van der Waals surface area contributed by atoms with E-state index in [9.17, 15) is 4.79 Å². The minimum Gasteiger partial charge on any atom is -0.495 e. The van der Waals surface area contributed by atoms with Gasteiger partial charge in [-0.3, -0.25) is 4.79 Å². The maximum Gasteiger partial charge on any atom is 0.223 e. The van der Waals surface area contributed by atoms with Gasteiger partial charge in [-0.15, -0.1) is 0 Å². The number of halogens is 1. The first-order valence-electron chi connectivity index (χ1n) is 12.6. The van der Waals surface area contributed by atoms with Crippen LogP contribution in [0.3, 0.4) is 0 Å². The quantitative estimate of drug-likeness (QED) is 0.303. The highest BCUT2D eigenvalue weighted by Gasteiger charge is 2.28. The molecule has 0 bridgehead atoms. The maximum atomic E-state index is 13.7. The lowest BCUT2D eigenvalue weighted by Gasteiger charge is -2.37. The Hall–Kier alpha value is -3.44. The van der Waals surface area contributed by atoms with Crippen molar-refractivity contribution in [2.24, 2.45) is 0 Å². The molecule has 0 saturated carbocycles. The molecular weight excluding hydrogens is 470 g/mol. The second-order valence-electron chi connectivity index (χ2n) is 9.24. The van der Waals surface area contributed by atoms with Crippen molar-refractivity contribution in [1.82, 2.24) is 9.47 Å². The molecule has 4 aromatic rings. The summed E-state index contributed by atoms with van der Waals surface area (Å²) in [4.78, 5) is 18.0. The fourth-order valence-corrected chi connectivity index (χ4v) is 5.54. The summed E-state index contributed by atoms with van der Waals surface area (Å²) in [6, 6.07) is 24.4. The van der Waals surface area contributed by atoms with E-state index in [2.05, 4.69) is 59.0 Å². The Morgan fingerprint density at radius 1 is 0.972 bits per heavy atom. The number of piperazine rings is 1. The van der Waals surface area contributed by atoms with Gasteiger partial charge < -0.3 is 19.1 Å². The first-order chi connectivity index (χ1) is 17.6.